The van der Waals surface area contributed by atoms with Crippen LogP contribution in [-0.4, -0.2) is 35.2 Å². The summed E-state index contributed by atoms with van der Waals surface area (Å²) >= 11 is 1.36. The van der Waals surface area contributed by atoms with Crippen molar-refractivity contribution in [1.82, 2.24) is 4.98 Å². The molecule has 1 aliphatic rings. The second kappa shape index (κ2) is 7.51. The van der Waals surface area contributed by atoms with Crippen LogP contribution >= 0.6 is 11.3 Å². The summed E-state index contributed by atoms with van der Waals surface area (Å²) in [7, 11) is 1.34. The zero-order chi connectivity index (χ0) is 16.1. The van der Waals surface area contributed by atoms with E-state index < -0.39 is 0 Å². The fraction of sp³-hybridized carbons (Fsp3) is 0.533. The van der Waals surface area contributed by atoms with Gasteiger partial charge in [0.25, 0.3) is 0 Å². The predicted molar refractivity (Wildman–Crippen MR) is 83.7 cm³/mol. The van der Waals surface area contributed by atoms with E-state index in [-0.39, 0.29) is 29.8 Å². The molecule has 120 valence electrons. The number of rotatable bonds is 4. The number of hydrogen-bond acceptors (Lipinski definition) is 6. The Labute approximate surface area is 133 Å². The number of ether oxygens (including phenoxy) is 1. The maximum atomic E-state index is 11.3. The van der Waals surface area contributed by atoms with Crippen molar-refractivity contribution in [3.05, 3.63) is 23.2 Å². The van der Waals surface area contributed by atoms with Crippen LogP contribution in [0.15, 0.2) is 17.5 Å². The summed E-state index contributed by atoms with van der Waals surface area (Å²) in [5.41, 5.74) is 0.840. The van der Waals surface area contributed by atoms with E-state index in [1.807, 2.05) is 11.5 Å². The summed E-state index contributed by atoms with van der Waals surface area (Å²) in [4.78, 5) is 26.8. The molecule has 1 aromatic heterocycles. The Bertz CT molecular complexity index is 570. The molecule has 0 saturated heterocycles. The van der Waals surface area contributed by atoms with Gasteiger partial charge in [0.05, 0.1) is 18.9 Å². The van der Waals surface area contributed by atoms with Gasteiger partial charge in [-0.2, -0.15) is 0 Å². The highest BCUT2D eigenvalue weighted by molar-refractivity contribution is 7.13. The summed E-state index contributed by atoms with van der Waals surface area (Å²) in [6, 6.07) is 0. The number of carbonyl (C=O) groups excluding carboxylic acids is 2. The van der Waals surface area contributed by atoms with Crippen LogP contribution in [0.2, 0.25) is 0 Å². The fourth-order valence-electron chi connectivity index (χ4n) is 2.68. The molecule has 0 radical (unpaired) electrons. The van der Waals surface area contributed by atoms with Crippen molar-refractivity contribution in [2.75, 3.05) is 12.4 Å². The lowest BCUT2D eigenvalue weighted by atomic mass is 9.76. The average molecular weight is 324 g/mol. The van der Waals surface area contributed by atoms with Gasteiger partial charge in [-0.1, -0.05) is 6.08 Å². The Hall–Kier alpha value is -1.73. The number of methoxy groups -OCH3 is 1. The number of nitrogens with one attached hydrogen (secondary N) is 1. The van der Waals surface area contributed by atoms with Crippen LogP contribution in [0.5, 0.6) is 0 Å². The van der Waals surface area contributed by atoms with Crippen molar-refractivity contribution in [3.8, 4) is 0 Å². The smallest absolute Gasteiger partial charge is 0.330 e. The molecule has 0 spiro atoms. The number of aromatic nitrogens is 1. The van der Waals surface area contributed by atoms with Crippen molar-refractivity contribution >= 4 is 28.3 Å². The molecule has 0 aliphatic heterocycles. The number of anilines is 1. The van der Waals surface area contributed by atoms with Crippen molar-refractivity contribution in [2.24, 2.45) is 5.92 Å². The van der Waals surface area contributed by atoms with Crippen molar-refractivity contribution in [1.29, 1.82) is 0 Å². The molecule has 1 saturated carbocycles. The topological polar surface area (TPSA) is 88.5 Å². The zero-order valence-corrected chi connectivity index (χ0v) is 13.4. The molecule has 22 heavy (non-hydrogen) atoms. The number of hydrogen-bond donors (Lipinski definition) is 2. The second-order valence-corrected chi connectivity index (χ2v) is 6.24. The van der Waals surface area contributed by atoms with Crippen LogP contribution in [0.3, 0.4) is 0 Å². The Kier molecular flexibility index (Phi) is 5.68. The first-order valence-electron chi connectivity index (χ1n) is 7.16. The van der Waals surface area contributed by atoms with Gasteiger partial charge in [-0.25, -0.2) is 9.78 Å². The zero-order valence-electron chi connectivity index (χ0n) is 12.6. The molecular weight excluding hydrogens is 304 g/mol. The van der Waals surface area contributed by atoms with Gasteiger partial charge < -0.3 is 15.2 Å². The molecule has 6 nitrogen and oxygen atoms in total. The van der Waals surface area contributed by atoms with Crippen LogP contribution in [0.4, 0.5) is 5.13 Å². The summed E-state index contributed by atoms with van der Waals surface area (Å²) in [6.45, 7) is 1.44. The highest BCUT2D eigenvalue weighted by Gasteiger charge is 2.31. The number of carbonyl (C=O) groups is 2. The average Bonchev–Trinajstić information content (AvgIpc) is 2.93. The van der Waals surface area contributed by atoms with Crippen LogP contribution in [0, 0.1) is 5.92 Å². The minimum Gasteiger partial charge on any atom is -0.466 e. The molecule has 1 fully saturated rings. The van der Waals surface area contributed by atoms with Crippen LogP contribution in [-0.2, 0) is 14.3 Å². The largest absolute Gasteiger partial charge is 0.466 e. The molecule has 1 amide bonds. The third kappa shape index (κ3) is 4.38. The Balaban J connectivity index is 2.15. The first kappa shape index (κ1) is 16.6. The van der Waals surface area contributed by atoms with E-state index in [1.54, 1.807) is 0 Å². The minimum atomic E-state index is -0.387. The fourth-order valence-corrected chi connectivity index (χ4v) is 3.50. The van der Waals surface area contributed by atoms with Crippen molar-refractivity contribution < 1.29 is 19.4 Å². The quantitative estimate of drug-likeness (QED) is 0.654. The first-order chi connectivity index (χ1) is 10.5. The monoisotopic (exact) mass is 324 g/mol. The molecule has 7 heteroatoms. The maximum Gasteiger partial charge on any atom is 0.330 e. The molecule has 0 aromatic carbocycles. The van der Waals surface area contributed by atoms with Crippen molar-refractivity contribution in [2.45, 2.75) is 38.2 Å². The molecule has 2 N–H and O–H groups in total. The number of amides is 1. The first-order valence-corrected chi connectivity index (χ1v) is 8.04. The highest BCUT2D eigenvalue weighted by Crippen LogP contribution is 2.39. The molecule has 2 rings (SSSR count). The lowest BCUT2D eigenvalue weighted by Gasteiger charge is -2.31. The standard InChI is InChI=1S/C15H20N2O4S/c1-9(18)16-15-17-13(8-22-15)12-7-11(19)5-3-10(12)4-6-14(20)21-2/h4,6,8,10-12,19H,3,5,7H2,1-2H3,(H,16,17,18)/t10?,11-,12+/m0/s1. The number of esters is 1. The SMILES string of the molecule is COC(=O)C=CC1CC[C@H](O)C[C@H]1c1csc(NC(C)=O)n1. The van der Waals surface area contributed by atoms with E-state index in [9.17, 15) is 14.7 Å². The van der Waals surface area contributed by atoms with Gasteiger partial charge >= 0.3 is 5.97 Å². The molecule has 1 heterocycles. The van der Waals surface area contributed by atoms with E-state index in [2.05, 4.69) is 15.0 Å². The molecule has 1 unspecified atom stereocenters. The van der Waals surface area contributed by atoms with Crippen LogP contribution < -0.4 is 5.32 Å². The molecule has 1 aliphatic carbocycles. The van der Waals surface area contributed by atoms with Gasteiger partial charge in [0, 0.05) is 24.3 Å². The predicted octanol–water partition coefficient (Wildman–Crippen LogP) is 2.08. The highest BCUT2D eigenvalue weighted by atomic mass is 32.1. The van der Waals surface area contributed by atoms with Gasteiger partial charge in [-0.3, -0.25) is 4.79 Å². The number of nitrogens with zero attached hydrogens (tertiary/aromatic N) is 1. The van der Waals surface area contributed by atoms with Crippen molar-refractivity contribution in [3.63, 3.8) is 0 Å². The van der Waals surface area contributed by atoms with Gasteiger partial charge in [0.1, 0.15) is 0 Å². The van der Waals surface area contributed by atoms with Gasteiger partial charge in [0.2, 0.25) is 5.91 Å². The Morgan fingerprint density at radius 3 is 2.95 bits per heavy atom. The summed E-state index contributed by atoms with van der Waals surface area (Å²) in [6.07, 6.45) is 4.98. The van der Waals surface area contributed by atoms with Gasteiger partial charge in [-0.05, 0) is 25.2 Å². The third-order valence-electron chi connectivity index (χ3n) is 3.74. The molecule has 3 atom stereocenters. The normalized spacial score (nSPS) is 25.1. The Morgan fingerprint density at radius 2 is 2.27 bits per heavy atom. The minimum absolute atomic E-state index is 0.0309. The summed E-state index contributed by atoms with van der Waals surface area (Å²) < 4.78 is 4.62. The lowest BCUT2D eigenvalue weighted by Crippen LogP contribution is -2.25. The molecular formula is C15H20N2O4S. The van der Waals surface area contributed by atoms with Gasteiger partial charge in [0.15, 0.2) is 5.13 Å². The number of aliphatic hydroxyl groups excluding tert-OH is 1. The molecule has 1 aromatic rings. The number of aliphatic hydroxyl groups is 1. The van der Waals surface area contributed by atoms with Crippen LogP contribution in [0.25, 0.3) is 0 Å². The lowest BCUT2D eigenvalue weighted by molar-refractivity contribution is -0.134. The maximum absolute atomic E-state index is 11.3. The van der Waals surface area contributed by atoms with E-state index in [1.165, 1.54) is 31.4 Å². The Morgan fingerprint density at radius 1 is 1.50 bits per heavy atom. The third-order valence-corrected chi connectivity index (χ3v) is 4.52. The number of allylic oxidation sites excluding steroid dienone is 1. The number of thiazole rings is 1. The van der Waals surface area contributed by atoms with E-state index >= 15 is 0 Å². The molecule has 0 bridgehead atoms. The second-order valence-electron chi connectivity index (χ2n) is 5.38. The van der Waals surface area contributed by atoms with Crippen LogP contribution in [0.1, 0.15) is 37.8 Å². The van der Waals surface area contributed by atoms with Gasteiger partial charge in [-0.15, -0.1) is 11.3 Å². The summed E-state index contributed by atoms with van der Waals surface area (Å²) in [5.74, 6) is -0.396. The summed E-state index contributed by atoms with van der Waals surface area (Å²) in [5, 5.41) is 15.0. The van der Waals surface area contributed by atoms with E-state index in [0.29, 0.717) is 18.0 Å². The van der Waals surface area contributed by atoms with E-state index in [0.717, 1.165) is 12.1 Å². The van der Waals surface area contributed by atoms with E-state index in [4.69, 9.17) is 0 Å².